The number of benzene rings is 2. The summed E-state index contributed by atoms with van der Waals surface area (Å²) in [5.41, 5.74) is 2.28. The molecule has 1 saturated heterocycles. The lowest BCUT2D eigenvalue weighted by Crippen LogP contribution is -2.40. The Labute approximate surface area is 362 Å². The van der Waals surface area contributed by atoms with Crippen molar-refractivity contribution >= 4 is 45.2 Å². The van der Waals surface area contributed by atoms with Gasteiger partial charge in [0.1, 0.15) is 18.1 Å². The molecule has 0 bridgehead atoms. The molecule has 1 heterocycles. The Morgan fingerprint density at radius 1 is 0.982 bits per heavy atom. The molecule has 8 nitrogen and oxygen atoms in total. The van der Waals surface area contributed by atoms with Crippen LogP contribution in [0, 0.1) is 15.4 Å². The maximum atomic E-state index is 12.7. The van der Waals surface area contributed by atoms with Crippen LogP contribution in [0.4, 0.5) is 0 Å². The van der Waals surface area contributed by atoms with Crippen LogP contribution >= 0.6 is 22.6 Å². The molecule has 0 aromatic heterocycles. The van der Waals surface area contributed by atoms with Gasteiger partial charge in [-0.25, -0.2) is 4.79 Å². The van der Waals surface area contributed by atoms with Crippen LogP contribution in [0.5, 0.6) is 11.5 Å². The van der Waals surface area contributed by atoms with Crippen molar-refractivity contribution in [2.45, 2.75) is 182 Å². The lowest BCUT2D eigenvalue weighted by atomic mass is 9.89. The maximum absolute atomic E-state index is 12.7. The first-order valence-corrected chi connectivity index (χ1v) is 28.0. The minimum Gasteiger partial charge on any atom is -0.488 e. The van der Waals surface area contributed by atoms with Crippen molar-refractivity contribution in [3.8, 4) is 11.5 Å². The molecule has 0 aliphatic carbocycles. The molecule has 1 fully saturated rings. The van der Waals surface area contributed by atoms with E-state index in [1.807, 2.05) is 44.3 Å². The number of halogens is 1. The quantitative estimate of drug-likeness (QED) is 0.0444. The number of carbonyl (C=O) groups excluding carboxylic acids is 1. The third-order valence-electron chi connectivity index (χ3n) is 11.7. The number of esters is 1. The zero-order chi connectivity index (χ0) is 43.4. The molecule has 324 valence electrons. The normalized spacial score (nSPS) is 18.5. The Balaban J connectivity index is 0.00000126. The molecule has 0 radical (unpaired) electrons. The monoisotopic (exact) mass is 940 g/mol. The number of aliphatic hydroxyl groups is 1. The fourth-order valence-electron chi connectivity index (χ4n) is 5.84. The van der Waals surface area contributed by atoms with Crippen LogP contribution in [0.25, 0.3) is 0 Å². The first-order chi connectivity index (χ1) is 26.3. The largest absolute Gasteiger partial charge is 0.488 e. The number of ether oxygens (including phenoxy) is 4. The van der Waals surface area contributed by atoms with Gasteiger partial charge < -0.3 is 33.3 Å². The third-order valence-corrected chi connectivity index (χ3v) is 21.0. The van der Waals surface area contributed by atoms with E-state index in [2.05, 4.69) is 116 Å². The van der Waals surface area contributed by atoms with Gasteiger partial charge in [-0.2, -0.15) is 0 Å². The minimum absolute atomic E-state index is 0.0648. The summed E-state index contributed by atoms with van der Waals surface area (Å²) in [5, 5.41) is 11.5. The van der Waals surface area contributed by atoms with Gasteiger partial charge in [-0.3, -0.25) is 0 Å². The Hall–Kier alpha value is -1.75. The number of hydrogen-bond donors (Lipinski definition) is 2. The molecular weight excluding hydrogens is 864 g/mol. The lowest BCUT2D eigenvalue weighted by molar-refractivity contribution is -0.150. The highest BCUT2D eigenvalue weighted by Crippen LogP contribution is 2.45. The smallest absolute Gasteiger partial charge is 0.341 e. The molecule has 0 saturated carbocycles. The first-order valence-electron chi connectivity index (χ1n) is 21.1. The average molecular weight is 941 g/mol. The fraction of sp³-hybridized carbons (Fsp3) is 0.674. The fourth-order valence-corrected chi connectivity index (χ4v) is 7.46. The number of carbonyl (C=O) groups is 1. The molecule has 4 atom stereocenters. The van der Waals surface area contributed by atoms with E-state index in [4.69, 9.17) is 23.4 Å². The van der Waals surface area contributed by atoms with E-state index in [1.54, 1.807) is 13.2 Å². The zero-order valence-electron chi connectivity index (χ0n) is 38.0. The summed E-state index contributed by atoms with van der Waals surface area (Å²) < 4.78 is 31.9. The van der Waals surface area contributed by atoms with E-state index in [0.29, 0.717) is 38.6 Å². The van der Waals surface area contributed by atoms with Crippen molar-refractivity contribution in [3.63, 3.8) is 0 Å². The SMILES string of the molecule is CC(C)(C)[Si](C)(C)O.CCCC(/C=C/Oc1cc(CC(C)C)c(OCc2ccccc2)c(CO[Si](C)(C)C(C)(C)C)c1I)C(O)CC[C@]1(C(=O)OCC)O[C@@H]1CC. The van der Waals surface area contributed by atoms with Gasteiger partial charge in [0.15, 0.2) is 22.2 Å². The standard InChI is InChI=1S/C40H61IO7Si.C6H16OSi/c1-11-17-30(33(42)20-22-40(35(12-2)48-40)38(43)44-13-3)21-23-45-34-25-31(24-28(4)5)37(46-26-29-18-15-14-16-19-29)32(36(34)41)27-47-49(9,10)39(6,7)8;1-6(2,3)8(4,5)7/h14-16,18-19,21,23,25,28,30,33,35,42H,11-13,17,20,22,24,26-27H2,1-10H3;7H,1-5H3/b23-21+;/t30?,33?,35-,40+;/m1./s1. The van der Waals surface area contributed by atoms with Gasteiger partial charge in [0.05, 0.1) is 35.3 Å². The summed E-state index contributed by atoms with van der Waals surface area (Å²) in [4.78, 5) is 22.2. The highest BCUT2D eigenvalue weighted by atomic mass is 127. The highest BCUT2D eigenvalue weighted by molar-refractivity contribution is 14.1. The van der Waals surface area contributed by atoms with Crippen LogP contribution in [-0.2, 0) is 38.3 Å². The third kappa shape index (κ3) is 15.3. The summed E-state index contributed by atoms with van der Waals surface area (Å²) in [6, 6.07) is 12.3. The van der Waals surface area contributed by atoms with Crippen LogP contribution < -0.4 is 9.47 Å². The predicted molar refractivity (Wildman–Crippen MR) is 248 cm³/mol. The van der Waals surface area contributed by atoms with Crippen molar-refractivity contribution in [1.29, 1.82) is 0 Å². The van der Waals surface area contributed by atoms with Crippen molar-refractivity contribution in [2.75, 3.05) is 6.61 Å². The van der Waals surface area contributed by atoms with Crippen LogP contribution in [0.1, 0.15) is 125 Å². The number of hydrogen-bond acceptors (Lipinski definition) is 8. The average Bonchev–Trinajstić information content (AvgIpc) is 3.84. The first kappa shape index (κ1) is 51.4. The van der Waals surface area contributed by atoms with Gasteiger partial charge in [0.25, 0.3) is 0 Å². The van der Waals surface area contributed by atoms with Gasteiger partial charge >= 0.3 is 5.97 Å². The molecule has 57 heavy (non-hydrogen) atoms. The topological polar surface area (TPSA) is 107 Å². The molecule has 3 rings (SSSR count). The van der Waals surface area contributed by atoms with Crippen molar-refractivity contribution in [3.05, 3.63) is 69.0 Å². The summed E-state index contributed by atoms with van der Waals surface area (Å²) in [6.45, 7) is 33.0. The van der Waals surface area contributed by atoms with Gasteiger partial charge in [-0.15, -0.1) is 0 Å². The van der Waals surface area contributed by atoms with E-state index in [1.165, 1.54) is 0 Å². The van der Waals surface area contributed by atoms with Crippen LogP contribution in [-0.4, -0.2) is 56.9 Å². The lowest BCUT2D eigenvalue weighted by Gasteiger charge is -2.36. The van der Waals surface area contributed by atoms with E-state index in [-0.39, 0.29) is 28.1 Å². The zero-order valence-corrected chi connectivity index (χ0v) is 42.2. The summed E-state index contributed by atoms with van der Waals surface area (Å²) in [6.07, 6.45) is 6.99. The molecule has 0 spiro atoms. The van der Waals surface area contributed by atoms with Crippen LogP contribution in [0.2, 0.25) is 36.3 Å². The van der Waals surface area contributed by atoms with Crippen LogP contribution in [0.3, 0.4) is 0 Å². The van der Waals surface area contributed by atoms with E-state index >= 15 is 0 Å². The summed E-state index contributed by atoms with van der Waals surface area (Å²) in [7, 11) is -3.92. The van der Waals surface area contributed by atoms with Gasteiger partial charge in [-0.05, 0) is 127 Å². The predicted octanol–water partition coefficient (Wildman–Crippen LogP) is 12.1. The molecule has 2 N–H and O–H groups in total. The van der Waals surface area contributed by atoms with Gasteiger partial charge in [0.2, 0.25) is 0 Å². The van der Waals surface area contributed by atoms with Crippen LogP contribution in [0.15, 0.2) is 48.7 Å². The molecular formula is C46H77IO8Si2. The van der Waals surface area contributed by atoms with Crippen molar-refractivity contribution < 1.29 is 38.1 Å². The van der Waals surface area contributed by atoms with E-state index in [0.717, 1.165) is 57.4 Å². The molecule has 2 aromatic carbocycles. The molecule has 1 aliphatic heterocycles. The number of epoxide rings is 1. The second kappa shape index (κ2) is 22.2. The molecule has 2 aromatic rings. The maximum Gasteiger partial charge on any atom is 0.341 e. The molecule has 1 aliphatic rings. The second-order valence-electron chi connectivity index (χ2n) is 19.0. The second-order valence-corrected chi connectivity index (χ2v) is 29.5. The minimum atomic E-state index is -2.06. The van der Waals surface area contributed by atoms with Gasteiger partial charge in [-0.1, -0.05) is 106 Å². The number of aliphatic hydroxyl groups excluding tert-OH is 1. The van der Waals surface area contributed by atoms with Crippen molar-refractivity contribution in [1.82, 2.24) is 0 Å². The molecule has 11 heteroatoms. The summed E-state index contributed by atoms with van der Waals surface area (Å²) in [5.74, 6) is 1.57. The Kier molecular flexibility index (Phi) is 20.0. The summed E-state index contributed by atoms with van der Waals surface area (Å²) >= 11 is 2.37. The molecule has 0 amide bonds. The Morgan fingerprint density at radius 3 is 2.09 bits per heavy atom. The van der Waals surface area contributed by atoms with Gasteiger partial charge in [0, 0.05) is 11.5 Å². The molecule has 2 unspecified atom stereocenters. The Morgan fingerprint density at radius 2 is 1.60 bits per heavy atom. The van der Waals surface area contributed by atoms with Crippen molar-refractivity contribution in [2.24, 2.45) is 11.8 Å². The highest BCUT2D eigenvalue weighted by Gasteiger charge is 2.62. The van der Waals surface area contributed by atoms with E-state index < -0.39 is 28.3 Å². The number of rotatable bonds is 20. The van der Waals surface area contributed by atoms with E-state index in [9.17, 15) is 14.7 Å². The Bertz CT molecular complexity index is 1550.